The first-order valence-electron chi connectivity index (χ1n) is 5.61. The smallest absolute Gasteiger partial charge is 0.336 e. The van der Waals surface area contributed by atoms with Crippen LogP contribution in [0.5, 0.6) is 0 Å². The standard InChI is InChI=1S/C9H11NO4S.C2H6O3S/c1-6-3-4-7(10(2)15(13)14)5-8(6)9(11)12;1-2-6(3,4)5/h3-5H,1-2H3,(H,11,12)(H,13,14);2H2,1H3,(H,3,4,5)/p-1. The van der Waals surface area contributed by atoms with Crippen molar-refractivity contribution in [2.75, 3.05) is 17.1 Å². The predicted octanol–water partition coefficient (Wildman–Crippen LogP) is 0.818. The van der Waals surface area contributed by atoms with Crippen molar-refractivity contribution in [3.63, 3.8) is 0 Å². The van der Waals surface area contributed by atoms with Crippen LogP contribution in [0.3, 0.4) is 0 Å². The molecular weight excluding hydrogens is 322 g/mol. The molecule has 21 heavy (non-hydrogen) atoms. The van der Waals surface area contributed by atoms with Gasteiger partial charge in [-0.25, -0.2) is 4.79 Å². The van der Waals surface area contributed by atoms with E-state index in [4.69, 9.17) is 9.66 Å². The van der Waals surface area contributed by atoms with E-state index in [1.165, 1.54) is 20.0 Å². The van der Waals surface area contributed by atoms with Crippen molar-refractivity contribution in [2.24, 2.45) is 0 Å². The van der Waals surface area contributed by atoms with Crippen LogP contribution in [0, 0.1) is 6.92 Å². The minimum absolute atomic E-state index is 0.102. The molecular formula is C11H16NO7S2-. The fraction of sp³-hybridized carbons (Fsp3) is 0.364. The number of rotatable bonds is 4. The Balaban J connectivity index is 0.000000567. The summed E-state index contributed by atoms with van der Waals surface area (Å²) in [6.45, 7) is 3.02. The molecule has 1 aromatic carbocycles. The zero-order valence-corrected chi connectivity index (χ0v) is 13.3. The number of anilines is 1. The highest BCUT2D eigenvalue weighted by atomic mass is 32.2. The van der Waals surface area contributed by atoms with E-state index in [-0.39, 0.29) is 11.3 Å². The van der Waals surface area contributed by atoms with E-state index < -0.39 is 27.4 Å². The quantitative estimate of drug-likeness (QED) is 0.612. The Morgan fingerprint density at radius 1 is 1.43 bits per heavy atom. The third kappa shape index (κ3) is 7.18. The van der Waals surface area contributed by atoms with Gasteiger partial charge in [-0.1, -0.05) is 6.07 Å². The summed E-state index contributed by atoms with van der Waals surface area (Å²) >= 11 is -2.40. The van der Waals surface area contributed by atoms with Gasteiger partial charge in [-0.15, -0.1) is 0 Å². The number of carbonyl (C=O) groups is 1. The van der Waals surface area contributed by atoms with Crippen LogP contribution < -0.4 is 4.31 Å². The largest absolute Gasteiger partial charge is 0.755 e. The maximum atomic E-state index is 10.8. The molecule has 120 valence electrons. The average Bonchev–Trinajstić information content (AvgIpc) is 2.38. The van der Waals surface area contributed by atoms with Gasteiger partial charge in [0.05, 0.1) is 11.3 Å². The number of carboxylic acids is 1. The molecule has 0 saturated carbocycles. The lowest BCUT2D eigenvalue weighted by Gasteiger charge is -2.21. The van der Waals surface area contributed by atoms with Gasteiger partial charge in [-0.05, 0) is 31.5 Å². The molecule has 1 atom stereocenters. The first-order valence-corrected chi connectivity index (χ1v) is 8.26. The highest BCUT2D eigenvalue weighted by Gasteiger charge is 2.09. The molecule has 0 radical (unpaired) electrons. The maximum absolute atomic E-state index is 10.8. The summed E-state index contributed by atoms with van der Waals surface area (Å²) in [5, 5.41) is 8.84. The van der Waals surface area contributed by atoms with Crippen LogP contribution in [0.15, 0.2) is 18.2 Å². The zero-order valence-electron chi connectivity index (χ0n) is 11.6. The fourth-order valence-corrected chi connectivity index (χ4v) is 1.41. The number of hydrogen-bond acceptors (Lipinski definition) is 5. The van der Waals surface area contributed by atoms with Gasteiger partial charge in [-0.2, -0.15) is 8.42 Å². The first-order chi connectivity index (χ1) is 9.49. The molecule has 0 saturated heterocycles. The Bertz CT molecular complexity index is 627. The second-order valence-corrected chi connectivity index (χ2v) is 6.61. The Kier molecular flexibility index (Phi) is 7.50. The average molecular weight is 338 g/mol. The molecule has 0 bridgehead atoms. The topological polar surface area (TPSA) is 135 Å². The van der Waals surface area contributed by atoms with Crippen LogP contribution in [0.25, 0.3) is 0 Å². The second-order valence-electron chi connectivity index (χ2n) is 3.89. The van der Waals surface area contributed by atoms with Crippen molar-refractivity contribution in [1.29, 1.82) is 0 Å². The van der Waals surface area contributed by atoms with Crippen LogP contribution in [-0.4, -0.2) is 45.6 Å². The number of hydrogen-bond donors (Lipinski definition) is 2. The van der Waals surface area contributed by atoms with Gasteiger partial charge >= 0.3 is 5.97 Å². The molecule has 0 heterocycles. The summed E-state index contributed by atoms with van der Waals surface area (Å²) in [5.41, 5.74) is 1.02. The molecule has 0 aliphatic carbocycles. The van der Waals surface area contributed by atoms with Gasteiger partial charge in [0.1, 0.15) is 0 Å². The molecule has 1 rings (SSSR count). The van der Waals surface area contributed by atoms with Crippen molar-refractivity contribution in [3.05, 3.63) is 29.3 Å². The van der Waals surface area contributed by atoms with E-state index in [9.17, 15) is 22.0 Å². The normalized spacial score (nSPS) is 12.0. The van der Waals surface area contributed by atoms with Crippen molar-refractivity contribution >= 4 is 33.0 Å². The van der Waals surface area contributed by atoms with Crippen molar-refractivity contribution in [2.45, 2.75) is 13.8 Å². The van der Waals surface area contributed by atoms with Crippen LogP contribution in [0.1, 0.15) is 22.8 Å². The molecule has 10 heteroatoms. The molecule has 1 aromatic rings. The molecule has 2 N–H and O–H groups in total. The van der Waals surface area contributed by atoms with Gasteiger partial charge in [0.25, 0.3) is 10.1 Å². The molecule has 0 amide bonds. The van der Waals surface area contributed by atoms with Gasteiger partial charge in [0.15, 0.2) is 0 Å². The van der Waals surface area contributed by atoms with Gasteiger partial charge in [-0.3, -0.25) is 8.76 Å². The molecule has 0 fully saturated rings. The molecule has 0 aliphatic heterocycles. The van der Waals surface area contributed by atoms with Crippen LogP contribution in [0.4, 0.5) is 5.69 Å². The summed E-state index contributed by atoms with van der Waals surface area (Å²) in [6.07, 6.45) is 0. The van der Waals surface area contributed by atoms with E-state index in [0.717, 1.165) is 4.31 Å². The van der Waals surface area contributed by atoms with Crippen molar-refractivity contribution < 1.29 is 31.6 Å². The second kappa shape index (κ2) is 8.08. The number of aryl methyl sites for hydroxylation is 1. The first kappa shape index (κ1) is 19.5. The number of carboxylic acid groups (broad SMARTS) is 1. The molecule has 0 spiro atoms. The lowest BCUT2D eigenvalue weighted by atomic mass is 10.1. The molecule has 0 aliphatic rings. The summed E-state index contributed by atoms with van der Waals surface area (Å²) < 4.78 is 49.2. The van der Waals surface area contributed by atoms with Crippen LogP contribution >= 0.6 is 0 Å². The Morgan fingerprint density at radius 2 is 1.90 bits per heavy atom. The predicted molar refractivity (Wildman–Crippen MR) is 77.6 cm³/mol. The number of nitrogens with zero attached hydrogens (tertiary/aromatic N) is 1. The SMILES string of the molecule is CCS(=O)(=O)O.Cc1ccc(N(C)S(=O)[O-])cc1C(=O)O. The van der Waals surface area contributed by atoms with Crippen molar-refractivity contribution in [3.8, 4) is 0 Å². The Morgan fingerprint density at radius 3 is 2.24 bits per heavy atom. The highest BCUT2D eigenvalue weighted by Crippen LogP contribution is 2.19. The molecule has 1 unspecified atom stereocenters. The van der Waals surface area contributed by atoms with Crippen LogP contribution in [-0.2, 0) is 21.4 Å². The molecule has 8 nitrogen and oxygen atoms in total. The summed E-state index contributed by atoms with van der Waals surface area (Å²) in [7, 11) is -2.32. The van der Waals surface area contributed by atoms with Crippen LogP contribution in [0.2, 0.25) is 0 Å². The van der Waals surface area contributed by atoms with E-state index in [1.54, 1.807) is 19.1 Å². The maximum Gasteiger partial charge on any atom is 0.336 e. The van der Waals surface area contributed by atoms with E-state index in [2.05, 4.69) is 0 Å². The van der Waals surface area contributed by atoms with Gasteiger partial charge in [0, 0.05) is 24.0 Å². The monoisotopic (exact) mass is 338 g/mol. The third-order valence-corrected chi connectivity index (χ3v) is 3.79. The van der Waals surface area contributed by atoms with E-state index in [1.807, 2.05) is 0 Å². The zero-order chi connectivity index (χ0) is 16.8. The third-order valence-electron chi connectivity index (χ3n) is 2.40. The van der Waals surface area contributed by atoms with Crippen molar-refractivity contribution in [1.82, 2.24) is 0 Å². The Labute approximate surface area is 125 Å². The lowest BCUT2D eigenvalue weighted by Crippen LogP contribution is -2.19. The molecule has 0 aromatic heterocycles. The summed E-state index contributed by atoms with van der Waals surface area (Å²) in [4.78, 5) is 10.8. The lowest BCUT2D eigenvalue weighted by molar-refractivity contribution is 0.0696. The highest BCUT2D eigenvalue weighted by molar-refractivity contribution is 7.85. The summed E-state index contributed by atoms with van der Waals surface area (Å²) in [5.74, 6) is -1.27. The fourth-order valence-electron chi connectivity index (χ4n) is 1.12. The minimum atomic E-state index is -3.66. The number of aromatic carboxylic acids is 1. The van der Waals surface area contributed by atoms with E-state index in [0.29, 0.717) is 11.3 Å². The minimum Gasteiger partial charge on any atom is -0.755 e. The van der Waals surface area contributed by atoms with Gasteiger partial charge < -0.3 is 14.0 Å². The van der Waals surface area contributed by atoms with Gasteiger partial charge in [0.2, 0.25) is 0 Å². The number of benzene rings is 1. The summed E-state index contributed by atoms with van der Waals surface area (Å²) in [6, 6.07) is 4.45. The van der Waals surface area contributed by atoms with E-state index >= 15 is 0 Å². The Hall–Kier alpha value is -1.49.